The number of carbonyl (C=O) groups excluding carboxylic acids is 1. The standard InChI is InChI=1S/C19H22N4OS/c1-13-21-14(12-25-13)11-18(24)22-20-10-9-17-19(2,3)15-7-5-6-8-16(15)23(17)4/h5-10,12H,11H2,1-4H3,(H,22,24)/b17-9+,20-10+. The third kappa shape index (κ3) is 3.49. The molecule has 1 aromatic heterocycles. The maximum absolute atomic E-state index is 11.9. The molecule has 0 unspecified atom stereocenters. The number of fused-ring (bicyclic) bond motifs is 1. The zero-order chi connectivity index (χ0) is 18.0. The van der Waals surface area contributed by atoms with Crippen LogP contribution in [0, 0.1) is 6.92 Å². The van der Waals surface area contributed by atoms with E-state index in [9.17, 15) is 4.79 Å². The lowest BCUT2D eigenvalue weighted by Gasteiger charge is -2.23. The number of carbonyl (C=O) groups is 1. The first-order chi connectivity index (χ1) is 11.9. The van der Waals surface area contributed by atoms with Gasteiger partial charge in [-0.05, 0) is 24.6 Å². The number of rotatable bonds is 4. The molecule has 1 amide bonds. The second-order valence-corrected chi connectivity index (χ2v) is 7.66. The first kappa shape index (κ1) is 17.4. The Kier molecular flexibility index (Phi) is 4.72. The van der Waals surface area contributed by atoms with E-state index in [1.54, 1.807) is 17.6 Å². The van der Waals surface area contributed by atoms with Gasteiger partial charge in [0, 0.05) is 35.4 Å². The van der Waals surface area contributed by atoms with Crippen LogP contribution in [-0.4, -0.2) is 24.2 Å². The molecule has 130 valence electrons. The number of thiazole rings is 1. The molecule has 0 atom stereocenters. The van der Waals surface area contributed by atoms with E-state index in [1.165, 1.54) is 11.3 Å². The summed E-state index contributed by atoms with van der Waals surface area (Å²) in [6.07, 6.45) is 3.84. The fourth-order valence-corrected chi connectivity index (χ4v) is 3.82. The molecule has 0 aliphatic carbocycles. The van der Waals surface area contributed by atoms with Gasteiger partial charge < -0.3 is 4.90 Å². The van der Waals surface area contributed by atoms with Crippen molar-refractivity contribution < 1.29 is 4.79 Å². The highest BCUT2D eigenvalue weighted by molar-refractivity contribution is 7.09. The number of hydrogen-bond acceptors (Lipinski definition) is 5. The summed E-state index contributed by atoms with van der Waals surface area (Å²) in [5, 5.41) is 6.91. The van der Waals surface area contributed by atoms with Crippen molar-refractivity contribution in [3.63, 3.8) is 0 Å². The lowest BCUT2D eigenvalue weighted by Crippen LogP contribution is -2.23. The molecule has 3 rings (SSSR count). The molecule has 0 saturated heterocycles. The fourth-order valence-electron chi connectivity index (χ4n) is 3.21. The molecule has 0 bridgehead atoms. The fraction of sp³-hybridized carbons (Fsp3) is 0.316. The molecule has 0 radical (unpaired) electrons. The van der Waals surface area contributed by atoms with Crippen molar-refractivity contribution in [1.82, 2.24) is 10.4 Å². The smallest absolute Gasteiger partial charge is 0.246 e. The van der Waals surface area contributed by atoms with Gasteiger partial charge in [0.15, 0.2) is 0 Å². The van der Waals surface area contributed by atoms with Crippen LogP contribution in [0.2, 0.25) is 0 Å². The van der Waals surface area contributed by atoms with Crippen LogP contribution in [0.5, 0.6) is 0 Å². The zero-order valence-electron chi connectivity index (χ0n) is 14.9. The number of likely N-dealkylation sites (N-methyl/N-ethyl adjacent to an activating group) is 1. The second-order valence-electron chi connectivity index (χ2n) is 6.60. The summed E-state index contributed by atoms with van der Waals surface area (Å²) in [5.74, 6) is -0.165. The normalized spacial score (nSPS) is 17.3. The van der Waals surface area contributed by atoms with Crippen LogP contribution in [0.15, 0.2) is 46.5 Å². The summed E-state index contributed by atoms with van der Waals surface area (Å²) in [7, 11) is 2.05. The topological polar surface area (TPSA) is 57.6 Å². The summed E-state index contributed by atoms with van der Waals surface area (Å²) >= 11 is 1.54. The van der Waals surface area contributed by atoms with Crippen molar-refractivity contribution in [2.24, 2.45) is 5.10 Å². The van der Waals surface area contributed by atoms with Gasteiger partial charge in [-0.3, -0.25) is 4.79 Å². The number of para-hydroxylation sites is 1. The predicted molar refractivity (Wildman–Crippen MR) is 103 cm³/mol. The first-order valence-electron chi connectivity index (χ1n) is 8.16. The number of benzene rings is 1. The van der Waals surface area contributed by atoms with Crippen molar-refractivity contribution in [2.75, 3.05) is 11.9 Å². The molecule has 1 aliphatic heterocycles. The molecule has 2 heterocycles. The predicted octanol–water partition coefficient (Wildman–Crippen LogP) is 3.41. The average Bonchev–Trinajstić information content (AvgIpc) is 3.06. The number of aromatic nitrogens is 1. The highest BCUT2D eigenvalue weighted by atomic mass is 32.1. The number of nitrogens with zero attached hydrogens (tertiary/aromatic N) is 3. The minimum Gasteiger partial charge on any atom is -0.347 e. The number of nitrogens with one attached hydrogen (secondary N) is 1. The van der Waals surface area contributed by atoms with Crippen LogP contribution >= 0.6 is 11.3 Å². The molecule has 0 spiro atoms. The molecule has 0 saturated carbocycles. The Morgan fingerprint density at radius 3 is 2.84 bits per heavy atom. The van der Waals surface area contributed by atoms with Gasteiger partial charge in [0.25, 0.3) is 0 Å². The maximum atomic E-state index is 11.9. The SMILES string of the molecule is Cc1nc(CC(=O)N/N=C/C=C2/N(C)c3ccccc3C2(C)C)cs1. The van der Waals surface area contributed by atoms with E-state index in [0.29, 0.717) is 0 Å². The van der Waals surface area contributed by atoms with Gasteiger partial charge in [0.1, 0.15) is 0 Å². The van der Waals surface area contributed by atoms with E-state index < -0.39 is 0 Å². The summed E-state index contributed by atoms with van der Waals surface area (Å²) in [6, 6.07) is 8.38. The molecule has 0 fully saturated rings. The highest BCUT2D eigenvalue weighted by Crippen LogP contribution is 2.46. The van der Waals surface area contributed by atoms with Crippen molar-refractivity contribution in [2.45, 2.75) is 32.6 Å². The Balaban J connectivity index is 1.66. The molecule has 6 heteroatoms. The number of anilines is 1. The summed E-state index contributed by atoms with van der Waals surface area (Å²) in [4.78, 5) is 18.3. The Bertz CT molecular complexity index is 851. The summed E-state index contributed by atoms with van der Waals surface area (Å²) in [6.45, 7) is 6.31. The molecule has 25 heavy (non-hydrogen) atoms. The van der Waals surface area contributed by atoms with Crippen LogP contribution in [-0.2, 0) is 16.6 Å². The number of amides is 1. The third-order valence-corrected chi connectivity index (χ3v) is 5.27. The number of allylic oxidation sites excluding steroid dienone is 2. The second kappa shape index (κ2) is 6.80. The van der Waals surface area contributed by atoms with E-state index in [4.69, 9.17) is 0 Å². The molecular weight excluding hydrogens is 332 g/mol. The molecule has 1 N–H and O–H groups in total. The van der Waals surface area contributed by atoms with Crippen LogP contribution in [0.25, 0.3) is 0 Å². The van der Waals surface area contributed by atoms with Crippen LogP contribution in [0.1, 0.15) is 30.1 Å². The van der Waals surface area contributed by atoms with E-state index in [0.717, 1.165) is 16.4 Å². The van der Waals surface area contributed by atoms with Crippen molar-refractivity contribution in [3.8, 4) is 0 Å². The van der Waals surface area contributed by atoms with Crippen LogP contribution in [0.4, 0.5) is 5.69 Å². The van der Waals surface area contributed by atoms with Crippen LogP contribution < -0.4 is 10.3 Å². The Labute approximate surface area is 152 Å². The largest absolute Gasteiger partial charge is 0.347 e. The lowest BCUT2D eigenvalue weighted by molar-refractivity contribution is -0.120. The molecule has 1 aromatic carbocycles. The van der Waals surface area contributed by atoms with Gasteiger partial charge in [-0.25, -0.2) is 10.4 Å². The first-order valence-corrected chi connectivity index (χ1v) is 9.04. The zero-order valence-corrected chi connectivity index (χ0v) is 15.7. The third-order valence-electron chi connectivity index (χ3n) is 4.44. The van der Waals surface area contributed by atoms with Crippen molar-refractivity contribution in [1.29, 1.82) is 0 Å². The Morgan fingerprint density at radius 1 is 1.40 bits per heavy atom. The monoisotopic (exact) mass is 354 g/mol. The molecule has 1 aliphatic rings. The molecule has 5 nitrogen and oxygen atoms in total. The maximum Gasteiger partial charge on any atom is 0.246 e. The number of hydrazone groups is 1. The quantitative estimate of drug-likeness (QED) is 0.676. The highest BCUT2D eigenvalue weighted by Gasteiger charge is 2.37. The lowest BCUT2D eigenvalue weighted by atomic mass is 9.84. The van der Waals surface area contributed by atoms with Gasteiger partial charge >= 0.3 is 0 Å². The van der Waals surface area contributed by atoms with Gasteiger partial charge in [0.05, 0.1) is 17.1 Å². The minimum atomic E-state index is -0.165. The minimum absolute atomic E-state index is 0.0977. The number of hydrogen-bond donors (Lipinski definition) is 1. The molecule has 2 aromatic rings. The number of aryl methyl sites for hydroxylation is 1. The Morgan fingerprint density at radius 2 is 2.16 bits per heavy atom. The summed E-state index contributed by atoms with van der Waals surface area (Å²) < 4.78 is 0. The van der Waals surface area contributed by atoms with Crippen molar-refractivity contribution >= 4 is 29.1 Å². The van der Waals surface area contributed by atoms with Crippen LogP contribution in [0.3, 0.4) is 0 Å². The van der Waals surface area contributed by atoms with E-state index in [1.807, 2.05) is 24.4 Å². The van der Waals surface area contributed by atoms with E-state index in [2.05, 4.69) is 59.5 Å². The van der Waals surface area contributed by atoms with E-state index in [-0.39, 0.29) is 17.7 Å². The van der Waals surface area contributed by atoms with E-state index >= 15 is 0 Å². The van der Waals surface area contributed by atoms with Crippen molar-refractivity contribution in [3.05, 3.63) is 57.7 Å². The summed E-state index contributed by atoms with van der Waals surface area (Å²) in [5.41, 5.74) is 6.88. The average molecular weight is 354 g/mol. The Hall–Kier alpha value is -2.47. The van der Waals surface area contributed by atoms with Gasteiger partial charge in [-0.15, -0.1) is 11.3 Å². The van der Waals surface area contributed by atoms with Gasteiger partial charge in [0.2, 0.25) is 5.91 Å². The van der Waals surface area contributed by atoms with Gasteiger partial charge in [-0.1, -0.05) is 32.0 Å². The van der Waals surface area contributed by atoms with Gasteiger partial charge in [-0.2, -0.15) is 5.10 Å². The molecular formula is C19H22N4OS.